The third kappa shape index (κ3) is 6.52. The zero-order chi connectivity index (χ0) is 27.4. The van der Waals surface area contributed by atoms with Crippen LogP contribution in [0.4, 0.5) is 33.3 Å². The number of thioether (sulfide) groups is 1. The van der Waals surface area contributed by atoms with Crippen molar-refractivity contribution in [3.05, 3.63) is 59.5 Å². The molecule has 0 spiro atoms. The van der Waals surface area contributed by atoms with E-state index in [0.717, 1.165) is 6.07 Å². The molecule has 0 saturated carbocycles. The number of aromatic nitrogens is 1. The molecule has 202 valence electrons. The summed E-state index contributed by atoms with van der Waals surface area (Å²) >= 11 is -0.284. The number of carbonyl (C=O) groups excluding carboxylic acids is 1. The Morgan fingerprint density at radius 2 is 2.00 bits per heavy atom. The van der Waals surface area contributed by atoms with E-state index in [4.69, 9.17) is 0 Å². The summed E-state index contributed by atoms with van der Waals surface area (Å²) in [6, 6.07) is 8.27. The van der Waals surface area contributed by atoms with E-state index in [1.165, 1.54) is 35.8 Å². The van der Waals surface area contributed by atoms with Crippen LogP contribution in [0.1, 0.15) is 22.3 Å². The number of fused-ring (bicyclic) bond motifs is 1. The molecule has 3 N–H and O–H groups in total. The quantitative estimate of drug-likeness (QED) is 0.230. The molecule has 2 aromatic heterocycles. The van der Waals surface area contributed by atoms with Crippen molar-refractivity contribution in [2.75, 3.05) is 44.4 Å². The van der Waals surface area contributed by atoms with Crippen LogP contribution in [0.5, 0.6) is 0 Å². The monoisotopic (exact) mass is 551 g/mol. The van der Waals surface area contributed by atoms with Crippen molar-refractivity contribution in [3.63, 3.8) is 0 Å². The van der Waals surface area contributed by atoms with Gasteiger partial charge in [0.1, 0.15) is 17.0 Å². The standard InChI is InChI=1S/C26H26F5N5OS/c1-32-24(37)16-7-8-20(18(27)13-16)33-10-3-5-17-14-23-22(34-21-9-12-35(2)15-19(21)28)6-4-11-36(23)25(17)38-26(29,30)31/h4,6-8,11,13-14,19,21,33-34H,9-10,12,15H2,1-2H3,(H,32,37)/t19-,21+/m0/s1. The molecule has 38 heavy (non-hydrogen) atoms. The summed E-state index contributed by atoms with van der Waals surface area (Å²) in [6.07, 6.45) is 0.940. The Hall–Kier alpha value is -3.43. The molecular formula is C26H26F5N5OS. The normalized spacial score (nSPS) is 18.1. The molecule has 6 nitrogen and oxygen atoms in total. The fourth-order valence-corrected chi connectivity index (χ4v) is 4.94. The number of anilines is 2. The molecule has 0 bridgehead atoms. The second-order valence-corrected chi connectivity index (χ2v) is 9.89. The third-order valence-corrected chi connectivity index (χ3v) is 6.95. The minimum absolute atomic E-state index is 0.0528. The molecule has 1 fully saturated rings. The summed E-state index contributed by atoms with van der Waals surface area (Å²) in [5.74, 6) is 4.40. The van der Waals surface area contributed by atoms with Gasteiger partial charge in [0.15, 0.2) is 0 Å². The smallest absolute Gasteiger partial charge is 0.378 e. The maximum atomic E-state index is 14.6. The minimum Gasteiger partial charge on any atom is -0.378 e. The van der Waals surface area contributed by atoms with E-state index in [1.54, 1.807) is 12.1 Å². The van der Waals surface area contributed by atoms with E-state index in [2.05, 4.69) is 27.8 Å². The molecule has 0 aliphatic carbocycles. The molecule has 1 aliphatic rings. The van der Waals surface area contributed by atoms with Crippen LogP contribution >= 0.6 is 11.8 Å². The van der Waals surface area contributed by atoms with Gasteiger partial charge in [0.2, 0.25) is 0 Å². The average Bonchev–Trinajstić information content (AvgIpc) is 3.20. The van der Waals surface area contributed by atoms with Crippen molar-refractivity contribution in [1.29, 1.82) is 0 Å². The van der Waals surface area contributed by atoms with Crippen molar-refractivity contribution in [2.45, 2.75) is 29.2 Å². The molecule has 3 heterocycles. The van der Waals surface area contributed by atoms with Crippen LogP contribution in [0.3, 0.4) is 0 Å². The summed E-state index contributed by atoms with van der Waals surface area (Å²) < 4.78 is 70.5. The van der Waals surface area contributed by atoms with Crippen LogP contribution in [0.15, 0.2) is 47.6 Å². The first-order valence-electron chi connectivity index (χ1n) is 11.8. The van der Waals surface area contributed by atoms with Crippen LogP contribution < -0.4 is 16.0 Å². The maximum absolute atomic E-state index is 14.6. The first-order valence-corrected chi connectivity index (χ1v) is 12.6. The van der Waals surface area contributed by atoms with E-state index >= 15 is 0 Å². The number of pyridine rings is 1. The molecule has 1 saturated heterocycles. The second-order valence-electron chi connectivity index (χ2n) is 8.83. The lowest BCUT2D eigenvalue weighted by Gasteiger charge is -2.33. The second kappa shape index (κ2) is 11.5. The van der Waals surface area contributed by atoms with Crippen molar-refractivity contribution in [3.8, 4) is 11.8 Å². The fourth-order valence-electron chi connectivity index (χ4n) is 4.24. The molecule has 1 aliphatic heterocycles. The summed E-state index contributed by atoms with van der Waals surface area (Å²) in [5.41, 5.74) is -3.21. The predicted octanol–water partition coefficient (Wildman–Crippen LogP) is 4.97. The lowest BCUT2D eigenvalue weighted by atomic mass is 10.0. The Bertz CT molecular complexity index is 1380. The molecular weight excluding hydrogens is 525 g/mol. The lowest BCUT2D eigenvalue weighted by molar-refractivity contribution is -0.0329. The summed E-state index contributed by atoms with van der Waals surface area (Å²) in [7, 11) is 3.27. The number of rotatable bonds is 6. The first kappa shape index (κ1) is 27.6. The first-order chi connectivity index (χ1) is 18.1. The van der Waals surface area contributed by atoms with Crippen molar-refractivity contribution < 1.29 is 26.7 Å². The number of carbonyl (C=O) groups is 1. The molecule has 12 heteroatoms. The molecule has 4 rings (SSSR count). The lowest BCUT2D eigenvalue weighted by Crippen LogP contribution is -2.46. The molecule has 0 radical (unpaired) electrons. The van der Waals surface area contributed by atoms with Gasteiger partial charge in [-0.3, -0.25) is 4.79 Å². The molecule has 2 atom stereocenters. The van der Waals surface area contributed by atoms with Crippen molar-refractivity contribution in [1.82, 2.24) is 14.6 Å². The Kier molecular flexibility index (Phi) is 8.38. The van der Waals surface area contributed by atoms with E-state index < -0.39 is 29.4 Å². The van der Waals surface area contributed by atoms with Gasteiger partial charge >= 0.3 is 5.51 Å². The maximum Gasteiger partial charge on any atom is 0.447 e. The largest absolute Gasteiger partial charge is 0.447 e. The van der Waals surface area contributed by atoms with Crippen molar-refractivity contribution >= 4 is 34.6 Å². The number of hydrogen-bond donors (Lipinski definition) is 3. The highest BCUT2D eigenvalue weighted by atomic mass is 32.2. The van der Waals surface area contributed by atoms with E-state index in [1.807, 2.05) is 11.9 Å². The van der Waals surface area contributed by atoms with Crippen LogP contribution in [-0.4, -0.2) is 66.7 Å². The number of hydrogen-bond acceptors (Lipinski definition) is 5. The Labute approximate surface area is 221 Å². The van der Waals surface area contributed by atoms with E-state index in [9.17, 15) is 26.7 Å². The van der Waals surface area contributed by atoms with E-state index in [0.29, 0.717) is 24.2 Å². The zero-order valence-corrected chi connectivity index (χ0v) is 21.4. The number of amides is 1. The highest BCUT2D eigenvalue weighted by molar-refractivity contribution is 8.00. The number of nitrogens with one attached hydrogen (secondary N) is 3. The highest BCUT2D eigenvalue weighted by Gasteiger charge is 2.33. The number of benzene rings is 1. The Morgan fingerprint density at radius 3 is 2.68 bits per heavy atom. The van der Waals surface area contributed by atoms with Gasteiger partial charge in [0.05, 0.1) is 35.0 Å². The molecule has 3 aromatic rings. The van der Waals surface area contributed by atoms with E-state index in [-0.39, 0.29) is 46.7 Å². The Balaban J connectivity index is 1.58. The number of nitrogens with zero attached hydrogens (tertiary/aromatic N) is 2. The van der Waals surface area contributed by atoms with Gasteiger partial charge < -0.3 is 25.3 Å². The van der Waals surface area contributed by atoms with Crippen LogP contribution in [0.2, 0.25) is 0 Å². The van der Waals surface area contributed by atoms with Crippen molar-refractivity contribution in [2.24, 2.45) is 0 Å². The summed E-state index contributed by atoms with van der Waals surface area (Å²) in [6.45, 7) is 0.925. The summed E-state index contributed by atoms with van der Waals surface area (Å²) in [4.78, 5) is 13.5. The molecule has 1 aromatic carbocycles. The van der Waals surface area contributed by atoms with Crippen LogP contribution in [-0.2, 0) is 0 Å². The van der Waals surface area contributed by atoms with Gasteiger partial charge in [-0.1, -0.05) is 11.8 Å². The minimum atomic E-state index is -4.56. The highest BCUT2D eigenvalue weighted by Crippen LogP contribution is 2.40. The van der Waals surface area contributed by atoms with Gasteiger partial charge in [0.25, 0.3) is 5.91 Å². The Morgan fingerprint density at radius 1 is 1.21 bits per heavy atom. The molecule has 0 unspecified atom stereocenters. The predicted molar refractivity (Wildman–Crippen MR) is 139 cm³/mol. The number of likely N-dealkylation sites (tertiary alicyclic amines) is 1. The third-order valence-electron chi connectivity index (χ3n) is 6.11. The number of halogens is 5. The molecule has 1 amide bonds. The number of piperidine rings is 1. The van der Waals surface area contributed by atoms with Gasteiger partial charge in [-0.2, -0.15) is 13.2 Å². The van der Waals surface area contributed by atoms with Crippen LogP contribution in [0.25, 0.3) is 5.52 Å². The zero-order valence-electron chi connectivity index (χ0n) is 20.6. The van der Waals surface area contributed by atoms with Gasteiger partial charge in [-0.15, -0.1) is 0 Å². The van der Waals surface area contributed by atoms with Gasteiger partial charge in [-0.05, 0) is 49.9 Å². The topological polar surface area (TPSA) is 60.8 Å². The number of alkyl halides is 4. The SMILES string of the molecule is CNC(=O)c1ccc(NCC#Cc2cc3c(N[C@@H]4CCN(C)C[C@@H]4F)cccn3c2SC(F)(F)F)c(F)c1. The van der Waals surface area contributed by atoms with Crippen LogP contribution in [0, 0.1) is 17.7 Å². The summed E-state index contributed by atoms with van der Waals surface area (Å²) in [5, 5.41) is 8.22. The average molecular weight is 552 g/mol. The van der Waals surface area contributed by atoms with Gasteiger partial charge in [0, 0.05) is 43.7 Å². The van der Waals surface area contributed by atoms with Gasteiger partial charge in [-0.25, -0.2) is 8.78 Å². The fraction of sp³-hybridized carbons (Fsp3) is 0.346.